The van der Waals surface area contributed by atoms with Crippen molar-refractivity contribution in [2.75, 3.05) is 26.2 Å². The van der Waals surface area contributed by atoms with E-state index in [0.717, 1.165) is 51.1 Å². The third kappa shape index (κ3) is 4.35. The molecule has 2 saturated carbocycles. The second-order valence-corrected chi connectivity index (χ2v) is 7.65. The van der Waals surface area contributed by atoms with Crippen LogP contribution in [-0.4, -0.2) is 53.9 Å². The predicted octanol–water partition coefficient (Wildman–Crippen LogP) is 1.86. The van der Waals surface area contributed by atoms with Gasteiger partial charge in [-0.2, -0.15) is 0 Å². The summed E-state index contributed by atoms with van der Waals surface area (Å²) in [6.45, 7) is 3.68. The highest BCUT2D eigenvalue weighted by molar-refractivity contribution is 5.74. The molecule has 0 aromatic rings. The zero-order valence-corrected chi connectivity index (χ0v) is 13.6. The second kappa shape index (κ2) is 7.18. The van der Waals surface area contributed by atoms with Crippen LogP contribution in [0.15, 0.2) is 0 Å². The molecule has 1 atom stereocenters. The molecule has 0 aromatic carbocycles. The quantitative estimate of drug-likeness (QED) is 0.726. The van der Waals surface area contributed by atoms with Gasteiger partial charge in [0.15, 0.2) is 0 Å². The van der Waals surface area contributed by atoms with Crippen molar-refractivity contribution in [1.29, 1.82) is 0 Å². The highest BCUT2D eigenvalue weighted by Crippen LogP contribution is 2.28. The van der Waals surface area contributed by atoms with Gasteiger partial charge in [0, 0.05) is 32.2 Å². The maximum absolute atomic E-state index is 12.0. The third-order valence-corrected chi connectivity index (χ3v) is 5.71. The first-order valence-corrected chi connectivity index (χ1v) is 9.12. The number of urea groups is 1. The average molecular weight is 309 g/mol. The van der Waals surface area contributed by atoms with Crippen LogP contribution in [0.5, 0.6) is 0 Å². The summed E-state index contributed by atoms with van der Waals surface area (Å²) in [5, 5.41) is 16.2. The van der Waals surface area contributed by atoms with Gasteiger partial charge in [0.05, 0.1) is 5.60 Å². The van der Waals surface area contributed by atoms with Crippen LogP contribution in [0.2, 0.25) is 0 Å². The van der Waals surface area contributed by atoms with E-state index in [4.69, 9.17) is 0 Å². The standard InChI is InChI=1S/C17H31N3O2/c21-16(18-13-17(22)8-3-4-9-17)19-15-7-10-20(12-15)11-14-5-1-2-6-14/h14-15,22H,1-13H2,(H2,18,19,21). The lowest BCUT2D eigenvalue weighted by molar-refractivity contribution is 0.0500. The Balaban J connectivity index is 1.33. The van der Waals surface area contributed by atoms with Crippen molar-refractivity contribution in [3.05, 3.63) is 0 Å². The van der Waals surface area contributed by atoms with Crippen LogP contribution in [0.4, 0.5) is 4.79 Å². The van der Waals surface area contributed by atoms with E-state index < -0.39 is 5.60 Å². The number of hydrogen-bond donors (Lipinski definition) is 3. The summed E-state index contributed by atoms with van der Waals surface area (Å²) in [7, 11) is 0. The molecule has 3 N–H and O–H groups in total. The summed E-state index contributed by atoms with van der Waals surface area (Å²) in [4.78, 5) is 14.5. The van der Waals surface area contributed by atoms with E-state index in [1.165, 1.54) is 32.2 Å². The van der Waals surface area contributed by atoms with Crippen molar-refractivity contribution in [1.82, 2.24) is 15.5 Å². The molecule has 1 aliphatic heterocycles. The first kappa shape index (κ1) is 16.1. The van der Waals surface area contributed by atoms with Crippen LogP contribution in [0, 0.1) is 5.92 Å². The van der Waals surface area contributed by atoms with Crippen molar-refractivity contribution in [3.8, 4) is 0 Å². The van der Waals surface area contributed by atoms with Gasteiger partial charge in [-0.05, 0) is 38.0 Å². The molecule has 5 nitrogen and oxygen atoms in total. The van der Waals surface area contributed by atoms with Crippen molar-refractivity contribution >= 4 is 6.03 Å². The largest absolute Gasteiger partial charge is 0.388 e. The number of likely N-dealkylation sites (tertiary alicyclic amines) is 1. The number of nitrogens with one attached hydrogen (secondary N) is 2. The number of carbonyl (C=O) groups excluding carboxylic acids is 1. The molecule has 126 valence electrons. The molecule has 0 spiro atoms. The SMILES string of the molecule is O=C(NCC1(O)CCCC1)NC1CCN(CC2CCCC2)C1. The summed E-state index contributed by atoms with van der Waals surface area (Å²) < 4.78 is 0. The average Bonchev–Trinajstić information content (AvgIpc) is 3.21. The van der Waals surface area contributed by atoms with E-state index in [-0.39, 0.29) is 12.1 Å². The third-order valence-electron chi connectivity index (χ3n) is 5.71. The van der Waals surface area contributed by atoms with Crippen LogP contribution in [0.3, 0.4) is 0 Å². The zero-order valence-electron chi connectivity index (χ0n) is 13.6. The lowest BCUT2D eigenvalue weighted by atomic mass is 10.0. The summed E-state index contributed by atoms with van der Waals surface area (Å²) in [6, 6.07) is 0.146. The van der Waals surface area contributed by atoms with Gasteiger partial charge < -0.3 is 20.6 Å². The van der Waals surface area contributed by atoms with Crippen molar-refractivity contribution in [3.63, 3.8) is 0 Å². The molecule has 1 heterocycles. The van der Waals surface area contributed by atoms with Gasteiger partial charge in [0.2, 0.25) is 0 Å². The summed E-state index contributed by atoms with van der Waals surface area (Å²) in [5.74, 6) is 0.879. The molecule has 1 unspecified atom stereocenters. The van der Waals surface area contributed by atoms with Gasteiger partial charge in [0.1, 0.15) is 0 Å². The summed E-state index contributed by atoms with van der Waals surface area (Å²) >= 11 is 0. The highest BCUT2D eigenvalue weighted by atomic mass is 16.3. The molecule has 3 rings (SSSR count). The molecule has 2 amide bonds. The first-order chi connectivity index (χ1) is 10.6. The molecule has 3 fully saturated rings. The molecule has 1 saturated heterocycles. The van der Waals surface area contributed by atoms with E-state index in [1.807, 2.05) is 0 Å². The Kier molecular flexibility index (Phi) is 5.24. The Morgan fingerprint density at radius 2 is 1.86 bits per heavy atom. The van der Waals surface area contributed by atoms with Crippen LogP contribution in [-0.2, 0) is 0 Å². The van der Waals surface area contributed by atoms with Crippen LogP contribution < -0.4 is 10.6 Å². The van der Waals surface area contributed by atoms with E-state index >= 15 is 0 Å². The van der Waals surface area contributed by atoms with Crippen LogP contribution >= 0.6 is 0 Å². The van der Waals surface area contributed by atoms with E-state index in [9.17, 15) is 9.90 Å². The number of aliphatic hydroxyl groups is 1. The molecule has 0 bridgehead atoms. The van der Waals surface area contributed by atoms with Gasteiger partial charge in [-0.1, -0.05) is 25.7 Å². The van der Waals surface area contributed by atoms with Crippen molar-refractivity contribution < 1.29 is 9.90 Å². The lowest BCUT2D eigenvalue weighted by Gasteiger charge is -2.23. The molecular weight excluding hydrogens is 278 g/mol. The maximum Gasteiger partial charge on any atom is 0.315 e. The molecule has 2 aliphatic carbocycles. The Bertz CT molecular complexity index is 376. The monoisotopic (exact) mass is 309 g/mol. The topological polar surface area (TPSA) is 64.6 Å². The number of rotatable bonds is 5. The van der Waals surface area contributed by atoms with Gasteiger partial charge in [-0.3, -0.25) is 0 Å². The molecule has 3 aliphatic rings. The smallest absolute Gasteiger partial charge is 0.315 e. The second-order valence-electron chi connectivity index (χ2n) is 7.65. The minimum atomic E-state index is -0.665. The minimum Gasteiger partial charge on any atom is -0.388 e. The molecule has 22 heavy (non-hydrogen) atoms. The number of nitrogens with zero attached hydrogens (tertiary/aromatic N) is 1. The maximum atomic E-state index is 12.0. The molecule has 5 heteroatoms. The summed E-state index contributed by atoms with van der Waals surface area (Å²) in [5.41, 5.74) is -0.665. The van der Waals surface area contributed by atoms with Crippen molar-refractivity contribution in [2.45, 2.75) is 69.4 Å². The zero-order chi connectivity index (χ0) is 15.4. The van der Waals surface area contributed by atoms with E-state index in [1.54, 1.807) is 0 Å². The Morgan fingerprint density at radius 1 is 1.14 bits per heavy atom. The van der Waals surface area contributed by atoms with Gasteiger partial charge >= 0.3 is 6.03 Å². The lowest BCUT2D eigenvalue weighted by Crippen LogP contribution is -2.48. The molecule has 0 aromatic heterocycles. The fraction of sp³-hybridized carbons (Fsp3) is 0.941. The number of amides is 2. The van der Waals surface area contributed by atoms with Crippen molar-refractivity contribution in [2.24, 2.45) is 5.92 Å². The van der Waals surface area contributed by atoms with E-state index in [0.29, 0.717) is 6.54 Å². The molecule has 0 radical (unpaired) electrons. The Labute approximate surface area is 133 Å². The fourth-order valence-electron chi connectivity index (χ4n) is 4.37. The number of carbonyl (C=O) groups is 1. The highest BCUT2D eigenvalue weighted by Gasteiger charge is 2.32. The fourth-order valence-corrected chi connectivity index (χ4v) is 4.37. The normalized spacial score (nSPS) is 29.0. The molecular formula is C17H31N3O2. The van der Waals surface area contributed by atoms with Gasteiger partial charge in [-0.25, -0.2) is 4.79 Å². The first-order valence-electron chi connectivity index (χ1n) is 9.12. The van der Waals surface area contributed by atoms with Crippen LogP contribution in [0.1, 0.15) is 57.8 Å². The number of hydrogen-bond acceptors (Lipinski definition) is 3. The van der Waals surface area contributed by atoms with E-state index in [2.05, 4.69) is 15.5 Å². The van der Waals surface area contributed by atoms with Gasteiger partial charge in [-0.15, -0.1) is 0 Å². The minimum absolute atomic E-state index is 0.118. The Hall–Kier alpha value is -0.810. The summed E-state index contributed by atoms with van der Waals surface area (Å²) in [6.07, 6.45) is 10.4. The Morgan fingerprint density at radius 3 is 2.59 bits per heavy atom. The predicted molar refractivity (Wildman–Crippen MR) is 86.8 cm³/mol. The van der Waals surface area contributed by atoms with Crippen LogP contribution in [0.25, 0.3) is 0 Å². The van der Waals surface area contributed by atoms with Gasteiger partial charge in [0.25, 0.3) is 0 Å².